The van der Waals surface area contributed by atoms with Gasteiger partial charge >= 0.3 is 0 Å². The molecule has 1 aromatic heterocycles. The summed E-state index contributed by atoms with van der Waals surface area (Å²) in [5, 5.41) is 0. The van der Waals surface area contributed by atoms with Crippen LogP contribution in [0.2, 0.25) is 0 Å². The van der Waals surface area contributed by atoms with Crippen LogP contribution in [-0.4, -0.2) is 0 Å². The summed E-state index contributed by atoms with van der Waals surface area (Å²) in [6.07, 6.45) is 0. The third kappa shape index (κ3) is 0.829. The fraction of sp³-hybridized carbons (Fsp3) is 0.333. The molecule has 1 aromatic rings. The minimum atomic E-state index is 1.11. The third-order valence-corrected chi connectivity index (χ3v) is 0.918. The van der Waals surface area contributed by atoms with Gasteiger partial charge in [-0.3, -0.25) is 0 Å². The highest BCUT2D eigenvalue weighted by Crippen LogP contribution is 1.93. The first-order valence-corrected chi connectivity index (χ1v) is 2.36. The summed E-state index contributed by atoms with van der Waals surface area (Å²) in [6.45, 7) is 3.99. The summed E-state index contributed by atoms with van der Waals surface area (Å²) in [5.74, 6) is 0. The van der Waals surface area contributed by atoms with E-state index in [-0.39, 0.29) is 0 Å². The van der Waals surface area contributed by atoms with E-state index in [2.05, 4.69) is 4.98 Å². The van der Waals surface area contributed by atoms with Crippen molar-refractivity contribution >= 4 is 0 Å². The molecule has 0 N–H and O–H groups in total. The number of rotatable bonds is 0. The quantitative estimate of drug-likeness (QED) is 0.472. The molecule has 0 radical (unpaired) electrons. The molecule has 0 saturated heterocycles. The zero-order chi connectivity index (χ0) is 5.28. The number of hydrogen-bond donors (Lipinski definition) is 0. The van der Waals surface area contributed by atoms with E-state index >= 15 is 0 Å². The molecule has 1 heterocycles. The van der Waals surface area contributed by atoms with Gasteiger partial charge in [-0.1, -0.05) is 26.0 Å². The Labute approximate surface area is 43.4 Å². The van der Waals surface area contributed by atoms with Crippen LogP contribution in [0.15, 0.2) is 12.1 Å². The summed E-state index contributed by atoms with van der Waals surface area (Å²) in [5.41, 5.74) is 2.22. The minimum Gasteiger partial charge on any atom is -0.665 e. The lowest BCUT2D eigenvalue weighted by Crippen LogP contribution is -1.73. The van der Waals surface area contributed by atoms with Crippen LogP contribution < -0.4 is 4.98 Å². The van der Waals surface area contributed by atoms with Crippen LogP contribution in [0.1, 0.15) is 11.4 Å². The molecule has 0 fully saturated rings. The molecule has 0 aliphatic carbocycles. The number of aryl methyl sites for hydroxylation is 2. The Morgan fingerprint density at radius 1 is 1.14 bits per heavy atom. The standard InChI is InChI=1S/C6H8N/c1-5-3-4-6(2)7-5/h3-4H,1-2H3/q-1. The highest BCUT2D eigenvalue weighted by atomic mass is 14.7. The van der Waals surface area contributed by atoms with E-state index in [4.69, 9.17) is 0 Å². The number of aromatic nitrogens is 1. The Bertz CT molecular complexity index is 136. The van der Waals surface area contributed by atoms with Crippen LogP contribution in [0.4, 0.5) is 0 Å². The average Bonchev–Trinajstić information content (AvgIpc) is 1.87. The van der Waals surface area contributed by atoms with Gasteiger partial charge in [0.05, 0.1) is 0 Å². The Morgan fingerprint density at radius 2 is 1.57 bits per heavy atom. The van der Waals surface area contributed by atoms with Gasteiger partial charge in [-0.15, -0.1) is 0 Å². The number of hydrogen-bond acceptors (Lipinski definition) is 0. The van der Waals surface area contributed by atoms with Crippen molar-refractivity contribution in [3.05, 3.63) is 23.5 Å². The largest absolute Gasteiger partial charge is 0.665 e. The SMILES string of the molecule is Cc1ccc(C)[n-]1. The zero-order valence-corrected chi connectivity index (χ0v) is 4.60. The van der Waals surface area contributed by atoms with Crippen LogP contribution >= 0.6 is 0 Å². The van der Waals surface area contributed by atoms with Crippen molar-refractivity contribution in [3.63, 3.8) is 0 Å². The van der Waals surface area contributed by atoms with E-state index in [0.717, 1.165) is 11.4 Å². The van der Waals surface area contributed by atoms with Gasteiger partial charge in [-0.2, -0.15) is 11.4 Å². The highest BCUT2D eigenvalue weighted by molar-refractivity contribution is 5.08. The fourth-order valence-corrected chi connectivity index (χ4v) is 0.594. The Morgan fingerprint density at radius 3 is 1.71 bits per heavy atom. The summed E-state index contributed by atoms with van der Waals surface area (Å²) in [7, 11) is 0. The maximum Gasteiger partial charge on any atom is -0.0607 e. The summed E-state index contributed by atoms with van der Waals surface area (Å²) in [4.78, 5) is 4.11. The molecule has 1 heteroatoms. The van der Waals surface area contributed by atoms with Crippen LogP contribution in [0.3, 0.4) is 0 Å². The van der Waals surface area contributed by atoms with Crippen molar-refractivity contribution in [2.24, 2.45) is 0 Å². The van der Waals surface area contributed by atoms with Crippen LogP contribution in [0, 0.1) is 13.8 Å². The lowest BCUT2D eigenvalue weighted by Gasteiger charge is -1.96. The number of nitrogens with zero attached hydrogens (tertiary/aromatic N) is 1. The molecule has 1 rings (SSSR count). The molecule has 0 bridgehead atoms. The van der Waals surface area contributed by atoms with Gasteiger partial charge in [0.1, 0.15) is 0 Å². The van der Waals surface area contributed by atoms with Gasteiger partial charge in [-0.25, -0.2) is 0 Å². The van der Waals surface area contributed by atoms with Crippen molar-refractivity contribution < 1.29 is 0 Å². The molecule has 0 amide bonds. The maximum absolute atomic E-state index is 4.11. The summed E-state index contributed by atoms with van der Waals surface area (Å²) >= 11 is 0. The van der Waals surface area contributed by atoms with Crippen molar-refractivity contribution in [2.75, 3.05) is 0 Å². The van der Waals surface area contributed by atoms with Gasteiger partial charge in [0.2, 0.25) is 0 Å². The molecular formula is C6H8N-. The second kappa shape index (κ2) is 1.41. The molecular weight excluding hydrogens is 86.1 g/mol. The topological polar surface area (TPSA) is 14.1 Å². The third-order valence-electron chi connectivity index (χ3n) is 0.918. The van der Waals surface area contributed by atoms with E-state index in [9.17, 15) is 0 Å². The second-order valence-electron chi connectivity index (χ2n) is 1.73. The Hall–Kier alpha value is -0.720. The van der Waals surface area contributed by atoms with E-state index in [1.165, 1.54) is 0 Å². The fourth-order valence-electron chi connectivity index (χ4n) is 0.594. The van der Waals surface area contributed by atoms with Gasteiger partial charge in [-0.05, 0) is 0 Å². The Balaban J connectivity index is 3.04. The van der Waals surface area contributed by atoms with Crippen molar-refractivity contribution in [3.8, 4) is 0 Å². The molecule has 7 heavy (non-hydrogen) atoms. The van der Waals surface area contributed by atoms with Crippen LogP contribution in [-0.2, 0) is 0 Å². The first-order chi connectivity index (χ1) is 3.29. The molecule has 0 aliphatic heterocycles. The molecule has 1 nitrogen and oxygen atoms in total. The van der Waals surface area contributed by atoms with Crippen LogP contribution in [0.25, 0.3) is 0 Å². The molecule has 0 unspecified atom stereocenters. The first-order valence-electron chi connectivity index (χ1n) is 2.36. The molecule has 0 spiro atoms. The highest BCUT2D eigenvalue weighted by Gasteiger charge is 1.69. The van der Waals surface area contributed by atoms with Crippen molar-refractivity contribution in [1.29, 1.82) is 0 Å². The van der Waals surface area contributed by atoms with Gasteiger partial charge in [0.15, 0.2) is 0 Å². The predicted molar refractivity (Wildman–Crippen MR) is 29.2 cm³/mol. The molecule has 0 aromatic carbocycles. The predicted octanol–water partition coefficient (Wildman–Crippen LogP) is 1.26. The maximum atomic E-state index is 4.11. The van der Waals surface area contributed by atoms with Crippen molar-refractivity contribution in [1.82, 2.24) is 4.98 Å². The molecule has 38 valence electrons. The van der Waals surface area contributed by atoms with Gasteiger partial charge in [0.25, 0.3) is 0 Å². The lowest BCUT2D eigenvalue weighted by atomic mass is 10.5. The van der Waals surface area contributed by atoms with Crippen molar-refractivity contribution in [2.45, 2.75) is 13.8 Å². The van der Waals surface area contributed by atoms with E-state index in [0.29, 0.717) is 0 Å². The molecule has 0 aliphatic rings. The summed E-state index contributed by atoms with van der Waals surface area (Å²) < 4.78 is 0. The van der Waals surface area contributed by atoms with E-state index in [1.807, 2.05) is 26.0 Å². The van der Waals surface area contributed by atoms with Gasteiger partial charge < -0.3 is 4.98 Å². The Kier molecular flexibility index (Phi) is 0.895. The monoisotopic (exact) mass is 94.1 g/mol. The average molecular weight is 94.1 g/mol. The second-order valence-corrected chi connectivity index (χ2v) is 1.73. The molecule has 0 atom stereocenters. The summed E-state index contributed by atoms with van der Waals surface area (Å²) in [6, 6.07) is 4.02. The smallest absolute Gasteiger partial charge is 0.0607 e. The van der Waals surface area contributed by atoms with Crippen LogP contribution in [0.5, 0.6) is 0 Å². The van der Waals surface area contributed by atoms with E-state index in [1.54, 1.807) is 0 Å². The minimum absolute atomic E-state index is 1.11. The van der Waals surface area contributed by atoms with E-state index < -0.39 is 0 Å². The lowest BCUT2D eigenvalue weighted by molar-refractivity contribution is 1.16. The van der Waals surface area contributed by atoms with Gasteiger partial charge in [0, 0.05) is 0 Å². The first kappa shape index (κ1) is 4.44. The normalized spacial score (nSPS) is 9.43. The zero-order valence-electron chi connectivity index (χ0n) is 4.60. The molecule has 0 saturated carbocycles.